The lowest BCUT2D eigenvalue weighted by molar-refractivity contribution is -0.0728. The zero-order chi connectivity index (χ0) is 16.9. The van der Waals surface area contributed by atoms with Gasteiger partial charge in [0.2, 0.25) is 0 Å². The summed E-state index contributed by atoms with van der Waals surface area (Å²) in [4.78, 5) is 13.2. The average molecular weight is 324 g/mol. The van der Waals surface area contributed by atoms with Gasteiger partial charge in [-0.3, -0.25) is 4.90 Å². The number of fused-ring (bicyclic) bond motifs is 2. The van der Waals surface area contributed by atoms with Gasteiger partial charge >= 0.3 is 6.09 Å². The molecule has 0 spiro atoms. The van der Waals surface area contributed by atoms with E-state index in [-0.39, 0.29) is 23.5 Å². The molecule has 124 valence electrons. The highest BCUT2D eigenvalue weighted by Crippen LogP contribution is 2.54. The van der Waals surface area contributed by atoms with Crippen LogP contribution in [-0.2, 0) is 4.43 Å². The van der Waals surface area contributed by atoms with Crippen molar-refractivity contribution >= 4 is 14.4 Å². The molecule has 1 N–H and O–H groups in total. The lowest BCUT2D eigenvalue weighted by Gasteiger charge is -2.53. The molecule has 2 heterocycles. The van der Waals surface area contributed by atoms with Crippen LogP contribution in [0.2, 0.25) is 19.6 Å². The fraction of sp³-hybridized carbons (Fsp3) is 0.875. The van der Waals surface area contributed by atoms with Crippen molar-refractivity contribution in [2.75, 3.05) is 0 Å². The van der Waals surface area contributed by atoms with Gasteiger partial charge in [0.15, 0.2) is 8.32 Å². The van der Waals surface area contributed by atoms with Crippen LogP contribution >= 0.6 is 0 Å². The zero-order valence-electron chi connectivity index (χ0n) is 14.5. The minimum absolute atomic E-state index is 0.0329. The minimum Gasteiger partial charge on any atom is -0.465 e. The number of hydrogen-bond donors (Lipinski definition) is 1. The average Bonchev–Trinajstić information content (AvgIpc) is 2.57. The normalized spacial score (nSPS) is 35.3. The summed E-state index contributed by atoms with van der Waals surface area (Å²) in [6.45, 7) is 12.7. The summed E-state index contributed by atoms with van der Waals surface area (Å²) in [5.41, 5.74) is -1.14. The first-order valence-corrected chi connectivity index (χ1v) is 11.4. The van der Waals surface area contributed by atoms with Crippen molar-refractivity contribution < 1.29 is 14.3 Å². The summed E-state index contributed by atoms with van der Waals surface area (Å²) >= 11 is 0. The molecule has 4 atom stereocenters. The van der Waals surface area contributed by atoms with Crippen LogP contribution in [0.4, 0.5) is 4.79 Å². The molecule has 2 rings (SSSR count). The van der Waals surface area contributed by atoms with Gasteiger partial charge in [-0.1, -0.05) is 20.8 Å². The maximum absolute atomic E-state index is 11.8. The van der Waals surface area contributed by atoms with Gasteiger partial charge in [-0.25, -0.2) is 4.79 Å². The van der Waals surface area contributed by atoms with Gasteiger partial charge in [0.1, 0.15) is 5.54 Å². The van der Waals surface area contributed by atoms with E-state index in [1.54, 1.807) is 0 Å². The minimum atomic E-state index is -1.77. The SMILES string of the molecule is CC(C)(C)C1C(O[Si](C)(C)C)CC2CCC1(C#N)N2C(=O)O. The summed E-state index contributed by atoms with van der Waals surface area (Å²) in [5.74, 6) is -0.105. The van der Waals surface area contributed by atoms with Crippen LogP contribution in [0.25, 0.3) is 0 Å². The summed E-state index contributed by atoms with van der Waals surface area (Å²) in [6, 6.07) is 2.31. The van der Waals surface area contributed by atoms with Gasteiger partial charge < -0.3 is 9.53 Å². The molecule has 2 fully saturated rings. The van der Waals surface area contributed by atoms with E-state index in [0.717, 1.165) is 6.42 Å². The van der Waals surface area contributed by atoms with Crippen LogP contribution in [0.1, 0.15) is 40.0 Å². The molecule has 5 nitrogen and oxygen atoms in total. The summed E-state index contributed by atoms with van der Waals surface area (Å²) < 4.78 is 6.42. The molecule has 2 bridgehead atoms. The number of carbonyl (C=O) groups is 1. The maximum Gasteiger partial charge on any atom is 0.408 e. The highest BCUT2D eigenvalue weighted by atomic mass is 28.4. The Kier molecular flexibility index (Phi) is 4.12. The molecule has 2 saturated heterocycles. The molecule has 0 aromatic carbocycles. The lowest BCUT2D eigenvalue weighted by Crippen LogP contribution is -2.65. The van der Waals surface area contributed by atoms with Crippen molar-refractivity contribution in [2.45, 2.75) is 77.4 Å². The van der Waals surface area contributed by atoms with E-state index in [2.05, 4.69) is 46.5 Å². The number of carboxylic acid groups (broad SMARTS) is 1. The van der Waals surface area contributed by atoms with E-state index < -0.39 is 19.9 Å². The third kappa shape index (κ3) is 2.77. The zero-order valence-corrected chi connectivity index (χ0v) is 15.5. The van der Waals surface area contributed by atoms with Crippen LogP contribution in [0.5, 0.6) is 0 Å². The first kappa shape index (κ1) is 17.3. The van der Waals surface area contributed by atoms with Gasteiger partial charge in [0.05, 0.1) is 12.2 Å². The van der Waals surface area contributed by atoms with Crippen LogP contribution in [0.3, 0.4) is 0 Å². The number of nitriles is 1. The Labute approximate surface area is 134 Å². The van der Waals surface area contributed by atoms with Gasteiger partial charge in [-0.05, 0) is 44.3 Å². The Morgan fingerprint density at radius 1 is 1.41 bits per heavy atom. The molecule has 2 aliphatic heterocycles. The van der Waals surface area contributed by atoms with E-state index in [4.69, 9.17) is 4.43 Å². The summed E-state index contributed by atoms with van der Waals surface area (Å²) in [7, 11) is -1.77. The highest BCUT2D eigenvalue weighted by Gasteiger charge is 2.63. The molecule has 22 heavy (non-hydrogen) atoms. The van der Waals surface area contributed by atoms with Crippen LogP contribution in [-0.4, -0.2) is 42.1 Å². The van der Waals surface area contributed by atoms with E-state index in [0.29, 0.717) is 12.8 Å². The molecule has 2 aliphatic rings. The highest BCUT2D eigenvalue weighted by molar-refractivity contribution is 6.69. The number of nitrogens with zero attached hydrogens (tertiary/aromatic N) is 2. The topological polar surface area (TPSA) is 73.6 Å². The second-order valence-electron chi connectivity index (χ2n) is 8.73. The Hall–Kier alpha value is -1.06. The largest absolute Gasteiger partial charge is 0.465 e. The Bertz CT molecular complexity index is 503. The molecule has 0 aromatic rings. The number of piperidine rings is 1. The van der Waals surface area contributed by atoms with Crippen molar-refractivity contribution in [2.24, 2.45) is 11.3 Å². The van der Waals surface area contributed by atoms with Crippen molar-refractivity contribution in [3.63, 3.8) is 0 Å². The van der Waals surface area contributed by atoms with E-state index in [1.165, 1.54) is 4.90 Å². The molecule has 0 aliphatic carbocycles. The van der Waals surface area contributed by atoms with Crippen LogP contribution in [0.15, 0.2) is 0 Å². The molecule has 0 radical (unpaired) electrons. The molecule has 0 saturated carbocycles. The first-order valence-electron chi connectivity index (χ1n) is 8.04. The third-order valence-electron chi connectivity index (χ3n) is 4.88. The van der Waals surface area contributed by atoms with E-state index in [9.17, 15) is 15.2 Å². The van der Waals surface area contributed by atoms with Crippen LogP contribution < -0.4 is 0 Å². The molecular weight excluding hydrogens is 296 g/mol. The first-order chi connectivity index (χ1) is 9.92. The van der Waals surface area contributed by atoms with Crippen molar-refractivity contribution in [3.8, 4) is 6.07 Å². The molecular formula is C16H28N2O3Si. The fourth-order valence-corrected chi connectivity index (χ4v) is 5.69. The standard InChI is InChI=1S/C16H28N2O3Si/c1-15(2,3)13-12(21-22(4,5)6)9-11-7-8-16(13,10-17)18(11)14(19)20/h11-13H,7-9H2,1-6H3,(H,19,20). The predicted molar refractivity (Wildman–Crippen MR) is 87.0 cm³/mol. The Morgan fingerprint density at radius 3 is 2.41 bits per heavy atom. The number of rotatable bonds is 2. The van der Waals surface area contributed by atoms with Crippen molar-refractivity contribution in [3.05, 3.63) is 0 Å². The molecule has 6 heteroatoms. The fourth-order valence-electron chi connectivity index (χ4n) is 4.55. The van der Waals surface area contributed by atoms with Gasteiger partial charge in [0, 0.05) is 12.0 Å². The smallest absolute Gasteiger partial charge is 0.408 e. The Morgan fingerprint density at radius 2 is 2.00 bits per heavy atom. The molecule has 0 aromatic heterocycles. The van der Waals surface area contributed by atoms with Gasteiger partial charge in [-0.2, -0.15) is 5.26 Å². The maximum atomic E-state index is 11.8. The molecule has 1 amide bonds. The van der Waals surface area contributed by atoms with E-state index in [1.807, 2.05) is 0 Å². The summed E-state index contributed by atoms with van der Waals surface area (Å²) in [6.07, 6.45) is 1.09. The van der Waals surface area contributed by atoms with Gasteiger partial charge in [-0.15, -0.1) is 0 Å². The lowest BCUT2D eigenvalue weighted by atomic mass is 9.64. The van der Waals surface area contributed by atoms with Crippen molar-refractivity contribution in [1.82, 2.24) is 4.90 Å². The number of hydrogen-bond acceptors (Lipinski definition) is 3. The second kappa shape index (κ2) is 5.24. The van der Waals surface area contributed by atoms with Crippen LogP contribution in [0, 0.1) is 22.7 Å². The number of amides is 1. The quantitative estimate of drug-likeness (QED) is 0.786. The monoisotopic (exact) mass is 324 g/mol. The second-order valence-corrected chi connectivity index (χ2v) is 13.2. The third-order valence-corrected chi connectivity index (χ3v) is 5.89. The Balaban J connectivity index is 2.51. The van der Waals surface area contributed by atoms with Crippen molar-refractivity contribution in [1.29, 1.82) is 5.26 Å². The molecule has 4 unspecified atom stereocenters. The predicted octanol–water partition coefficient (Wildman–Crippen LogP) is 3.68. The van der Waals surface area contributed by atoms with E-state index >= 15 is 0 Å². The van der Waals surface area contributed by atoms with Gasteiger partial charge in [0.25, 0.3) is 0 Å². The summed E-state index contributed by atoms with van der Waals surface area (Å²) in [5, 5.41) is 19.6.